The van der Waals surface area contributed by atoms with E-state index in [2.05, 4.69) is 39.3 Å². The normalized spacial score (nSPS) is 10.4. The average molecular weight is 438 g/mol. The molecule has 172 valence electrons. The predicted molar refractivity (Wildman–Crippen MR) is 135 cm³/mol. The van der Waals surface area contributed by atoms with E-state index in [1.165, 1.54) is 11.6 Å². The fourth-order valence-corrected chi connectivity index (χ4v) is 2.39. The quantitative estimate of drug-likeness (QED) is 0.201. The molecule has 0 aliphatic heterocycles. The monoisotopic (exact) mass is 437 g/mol. The zero-order chi connectivity index (χ0) is 24.0. The van der Waals surface area contributed by atoms with Gasteiger partial charge >= 0.3 is 0 Å². The molecule has 0 fully saturated rings. The average Bonchev–Trinajstić information content (AvgIpc) is 2.81. The zero-order valence-electron chi connectivity index (χ0n) is 19.6. The van der Waals surface area contributed by atoms with Crippen LogP contribution in [0, 0.1) is 12.3 Å². The van der Waals surface area contributed by atoms with Gasteiger partial charge in [0.15, 0.2) is 0 Å². The van der Waals surface area contributed by atoms with E-state index in [0.717, 1.165) is 23.7 Å². The van der Waals surface area contributed by atoms with Gasteiger partial charge in [-0.05, 0) is 49.6 Å². The summed E-state index contributed by atoms with van der Waals surface area (Å²) in [6.45, 7) is 6.81. The highest BCUT2D eigenvalue weighted by Crippen LogP contribution is 2.14. The number of aldehydes is 1. The number of pyridine rings is 1. The number of benzene rings is 1. The third-order valence-corrected chi connectivity index (χ3v) is 3.66. The van der Waals surface area contributed by atoms with Crippen LogP contribution < -0.4 is 0 Å². The van der Waals surface area contributed by atoms with Gasteiger partial charge in [-0.2, -0.15) is 10.2 Å². The van der Waals surface area contributed by atoms with Crippen LogP contribution in [0.4, 0.5) is 0 Å². The number of aliphatic hydroxyl groups is 1. The molecule has 1 aromatic heterocycles. The number of aromatic nitrogens is 1. The Balaban J connectivity index is 0.00000177. The number of hydrogen-bond donors (Lipinski definition) is 1. The highest BCUT2D eigenvalue weighted by Gasteiger charge is 1.97. The zero-order valence-corrected chi connectivity index (χ0v) is 19.6. The summed E-state index contributed by atoms with van der Waals surface area (Å²) in [6, 6.07) is 10.3. The number of hydrazone groups is 2. The van der Waals surface area contributed by atoms with Crippen molar-refractivity contribution in [3.05, 3.63) is 54.4 Å². The van der Waals surface area contributed by atoms with Crippen molar-refractivity contribution in [3.63, 3.8) is 0 Å². The van der Waals surface area contributed by atoms with E-state index < -0.39 is 0 Å². The lowest BCUT2D eigenvalue weighted by molar-refractivity contribution is -0.104. The van der Waals surface area contributed by atoms with Crippen molar-refractivity contribution in [3.8, 4) is 12.3 Å². The smallest absolute Gasteiger partial charge is 0.144 e. The Kier molecular flexibility index (Phi) is 17.3. The summed E-state index contributed by atoms with van der Waals surface area (Å²) >= 11 is 0. The Hall–Kier alpha value is -3.50. The number of nitrogens with zero attached hydrogens (tertiary/aromatic N) is 5. The first-order chi connectivity index (χ1) is 15.6. The number of terminal acetylenes is 1. The molecule has 0 radical (unpaired) electrons. The standard InChI is InChI=1S/C21H23N5O.C2H6O.C2H6/c1-3-14-25(2)23-13-16-26(15-6-17-27)24-12-4-7-19-9-10-21-20(18-19)8-5-11-22-21;1-2-3;1-2/h1,5-6,8-13,15,17-18H,4,7,14,16H2,2H3;3H,2H2,1H3;1-2H3/b15-6-,23-13-,24-12+;;. The van der Waals surface area contributed by atoms with Gasteiger partial charge in [0.2, 0.25) is 0 Å². The Morgan fingerprint density at radius 2 is 1.97 bits per heavy atom. The van der Waals surface area contributed by atoms with E-state index in [-0.39, 0.29) is 6.61 Å². The highest BCUT2D eigenvalue weighted by atomic mass is 16.2. The summed E-state index contributed by atoms with van der Waals surface area (Å²) in [5.74, 6) is 2.51. The summed E-state index contributed by atoms with van der Waals surface area (Å²) in [4.78, 5) is 14.9. The van der Waals surface area contributed by atoms with E-state index in [4.69, 9.17) is 11.5 Å². The van der Waals surface area contributed by atoms with E-state index in [9.17, 15) is 4.79 Å². The van der Waals surface area contributed by atoms with Crippen molar-refractivity contribution < 1.29 is 9.90 Å². The minimum Gasteiger partial charge on any atom is -0.397 e. The van der Waals surface area contributed by atoms with Crippen molar-refractivity contribution in [1.82, 2.24) is 15.0 Å². The van der Waals surface area contributed by atoms with Crippen LogP contribution in [0.5, 0.6) is 0 Å². The number of fused-ring (bicyclic) bond motifs is 1. The first-order valence-electron chi connectivity index (χ1n) is 10.7. The molecule has 7 nitrogen and oxygen atoms in total. The summed E-state index contributed by atoms with van der Waals surface area (Å²) in [5.41, 5.74) is 2.23. The van der Waals surface area contributed by atoms with Crippen LogP contribution >= 0.6 is 0 Å². The van der Waals surface area contributed by atoms with E-state index >= 15 is 0 Å². The SMILES string of the molecule is C#CCN(C)/N=C\CN(/C=C\C=O)/N=C/CCc1ccc2ncccc2c1.CC.CCO. The molecule has 1 N–H and O–H groups in total. The van der Waals surface area contributed by atoms with Crippen molar-refractivity contribution in [2.45, 2.75) is 33.6 Å². The maximum absolute atomic E-state index is 10.6. The number of aliphatic hydroxyl groups excluding tert-OH is 1. The fourth-order valence-electron chi connectivity index (χ4n) is 2.39. The molecule has 0 aliphatic carbocycles. The molecule has 0 aliphatic rings. The van der Waals surface area contributed by atoms with Crippen molar-refractivity contribution in [1.29, 1.82) is 0 Å². The summed E-state index contributed by atoms with van der Waals surface area (Å²) in [7, 11) is 1.80. The van der Waals surface area contributed by atoms with Crippen LogP contribution in [0.3, 0.4) is 0 Å². The van der Waals surface area contributed by atoms with Gasteiger partial charge in [-0.25, -0.2) is 0 Å². The Morgan fingerprint density at radius 1 is 1.22 bits per heavy atom. The van der Waals surface area contributed by atoms with Gasteiger partial charge in [0.05, 0.1) is 18.6 Å². The van der Waals surface area contributed by atoms with Crippen LogP contribution in [-0.4, -0.2) is 65.6 Å². The number of rotatable bonds is 10. The fraction of sp³-hybridized carbons (Fsp3) is 0.360. The molecule has 2 rings (SSSR count). The van der Waals surface area contributed by atoms with Gasteiger partial charge in [-0.3, -0.25) is 19.8 Å². The summed E-state index contributed by atoms with van der Waals surface area (Å²) in [6.07, 6.45) is 15.9. The third kappa shape index (κ3) is 12.9. The van der Waals surface area contributed by atoms with Crippen LogP contribution in [0.15, 0.2) is 59.0 Å². The maximum Gasteiger partial charge on any atom is 0.144 e. The number of carbonyl (C=O) groups excluding carboxylic acids is 1. The molecule has 1 aromatic carbocycles. The summed E-state index contributed by atoms with van der Waals surface area (Å²) in [5, 5.41) is 20.6. The van der Waals surface area contributed by atoms with Crippen LogP contribution in [0.25, 0.3) is 10.9 Å². The molecule has 0 saturated carbocycles. The van der Waals surface area contributed by atoms with Gasteiger partial charge in [0.25, 0.3) is 0 Å². The maximum atomic E-state index is 10.6. The highest BCUT2D eigenvalue weighted by molar-refractivity contribution is 5.79. The molecule has 2 aromatic rings. The molecule has 0 atom stereocenters. The molecule has 0 bridgehead atoms. The van der Waals surface area contributed by atoms with E-state index in [1.54, 1.807) is 42.6 Å². The van der Waals surface area contributed by atoms with Crippen molar-refractivity contribution in [2.75, 3.05) is 26.7 Å². The topological polar surface area (TPSA) is 81.4 Å². The first kappa shape index (κ1) is 28.5. The second kappa shape index (κ2) is 19.5. The van der Waals surface area contributed by atoms with Crippen LogP contribution in [0.2, 0.25) is 0 Å². The predicted octanol–water partition coefficient (Wildman–Crippen LogP) is 3.74. The number of carbonyl (C=O) groups is 1. The number of aryl methyl sites for hydroxylation is 1. The van der Waals surface area contributed by atoms with E-state index in [1.807, 2.05) is 32.2 Å². The molecule has 0 unspecified atom stereocenters. The van der Waals surface area contributed by atoms with Crippen molar-refractivity contribution in [2.24, 2.45) is 10.2 Å². The lowest BCUT2D eigenvalue weighted by Gasteiger charge is -2.12. The second-order valence-corrected chi connectivity index (χ2v) is 6.10. The van der Waals surface area contributed by atoms with E-state index in [0.29, 0.717) is 19.4 Å². The molecule has 0 amide bonds. The molecule has 32 heavy (non-hydrogen) atoms. The molecular formula is C25H35N5O2. The minimum atomic E-state index is 0.250. The van der Waals surface area contributed by atoms with Gasteiger partial charge in [-0.15, -0.1) is 6.42 Å². The van der Waals surface area contributed by atoms with Gasteiger partial charge in [-0.1, -0.05) is 31.9 Å². The molecule has 0 spiro atoms. The minimum absolute atomic E-state index is 0.250. The second-order valence-electron chi connectivity index (χ2n) is 6.10. The molecule has 0 saturated heterocycles. The molecular weight excluding hydrogens is 402 g/mol. The Labute approximate surface area is 192 Å². The molecule has 7 heteroatoms. The van der Waals surface area contributed by atoms with Crippen LogP contribution in [0.1, 0.15) is 32.8 Å². The summed E-state index contributed by atoms with van der Waals surface area (Å²) < 4.78 is 0. The lowest BCUT2D eigenvalue weighted by atomic mass is 10.1. The van der Waals surface area contributed by atoms with Crippen LogP contribution in [-0.2, 0) is 11.2 Å². The van der Waals surface area contributed by atoms with Gasteiger partial charge in [0, 0.05) is 43.9 Å². The molecule has 1 heterocycles. The van der Waals surface area contributed by atoms with Crippen molar-refractivity contribution >= 4 is 29.6 Å². The first-order valence-corrected chi connectivity index (χ1v) is 10.7. The number of allylic oxidation sites excluding steroid dienone is 1. The Morgan fingerprint density at radius 3 is 2.66 bits per heavy atom. The lowest BCUT2D eigenvalue weighted by Crippen LogP contribution is -2.17. The third-order valence-electron chi connectivity index (χ3n) is 3.66. The van der Waals surface area contributed by atoms with Gasteiger partial charge in [0.1, 0.15) is 6.29 Å². The Bertz CT molecular complexity index is 887. The van der Waals surface area contributed by atoms with Gasteiger partial charge < -0.3 is 5.11 Å². The number of hydrogen-bond acceptors (Lipinski definition) is 7. The largest absolute Gasteiger partial charge is 0.397 e.